The van der Waals surface area contributed by atoms with Gasteiger partial charge in [-0.05, 0) is 24.3 Å². The molecule has 2 atom stereocenters. The van der Waals surface area contributed by atoms with E-state index in [-0.39, 0.29) is 0 Å². The van der Waals surface area contributed by atoms with Gasteiger partial charge in [0, 0.05) is 18.8 Å². The number of nitrogens with zero attached hydrogens (tertiary/aromatic N) is 1. The normalized spacial score (nSPS) is 37.2. The first kappa shape index (κ1) is 9.46. The standard InChI is InChI=1S/C13H19NO/c1-13(2)6-3-10(4-7-13)14-8-5-11-12(9-14)15-11/h3-4,6,11-12H,5,7-9H2,1-2H3. The minimum Gasteiger partial charge on any atom is -0.369 e. The first-order chi connectivity index (χ1) is 7.14. The highest BCUT2D eigenvalue weighted by atomic mass is 16.6. The zero-order valence-corrected chi connectivity index (χ0v) is 9.57. The van der Waals surface area contributed by atoms with Crippen LogP contribution in [0.3, 0.4) is 0 Å². The molecular weight excluding hydrogens is 186 g/mol. The Morgan fingerprint density at radius 2 is 2.27 bits per heavy atom. The smallest absolute Gasteiger partial charge is 0.102 e. The van der Waals surface area contributed by atoms with Crippen LogP contribution in [0.2, 0.25) is 0 Å². The average molecular weight is 205 g/mol. The van der Waals surface area contributed by atoms with Gasteiger partial charge in [-0.25, -0.2) is 0 Å². The van der Waals surface area contributed by atoms with E-state index < -0.39 is 0 Å². The highest BCUT2D eigenvalue weighted by Crippen LogP contribution is 2.35. The van der Waals surface area contributed by atoms with Crippen molar-refractivity contribution in [3.8, 4) is 0 Å². The van der Waals surface area contributed by atoms with E-state index in [4.69, 9.17) is 4.74 Å². The van der Waals surface area contributed by atoms with E-state index in [1.165, 1.54) is 12.1 Å². The molecule has 2 nitrogen and oxygen atoms in total. The Morgan fingerprint density at radius 3 is 2.93 bits per heavy atom. The topological polar surface area (TPSA) is 15.8 Å². The van der Waals surface area contributed by atoms with Crippen molar-refractivity contribution in [2.45, 2.75) is 38.9 Å². The first-order valence-corrected chi connectivity index (χ1v) is 5.94. The van der Waals surface area contributed by atoms with Crippen LogP contribution in [0.25, 0.3) is 0 Å². The predicted molar refractivity (Wildman–Crippen MR) is 60.5 cm³/mol. The summed E-state index contributed by atoms with van der Waals surface area (Å²) in [6.07, 6.45) is 10.5. The molecule has 2 heterocycles. The van der Waals surface area contributed by atoms with Crippen molar-refractivity contribution in [1.29, 1.82) is 0 Å². The molecule has 82 valence electrons. The van der Waals surface area contributed by atoms with Crippen molar-refractivity contribution in [2.24, 2.45) is 5.41 Å². The van der Waals surface area contributed by atoms with E-state index in [1.807, 2.05) is 0 Å². The van der Waals surface area contributed by atoms with Gasteiger partial charge in [0.25, 0.3) is 0 Å². The zero-order chi connectivity index (χ0) is 10.5. The van der Waals surface area contributed by atoms with Gasteiger partial charge in [-0.3, -0.25) is 0 Å². The lowest BCUT2D eigenvalue weighted by atomic mass is 9.85. The second-order valence-electron chi connectivity index (χ2n) is 5.60. The molecule has 0 radical (unpaired) electrons. The number of fused-ring (bicyclic) bond motifs is 1. The van der Waals surface area contributed by atoms with Crippen LogP contribution in [-0.2, 0) is 4.74 Å². The Hall–Kier alpha value is -0.760. The quantitative estimate of drug-likeness (QED) is 0.611. The maximum absolute atomic E-state index is 5.55. The molecule has 2 unspecified atom stereocenters. The summed E-state index contributed by atoms with van der Waals surface area (Å²) in [5.41, 5.74) is 1.75. The van der Waals surface area contributed by atoms with E-state index in [1.54, 1.807) is 0 Å². The van der Waals surface area contributed by atoms with Crippen LogP contribution in [0.1, 0.15) is 26.7 Å². The second-order valence-corrected chi connectivity index (χ2v) is 5.60. The average Bonchev–Trinajstić information content (AvgIpc) is 2.95. The summed E-state index contributed by atoms with van der Waals surface area (Å²) in [7, 11) is 0. The Kier molecular flexibility index (Phi) is 1.96. The molecule has 0 aromatic heterocycles. The maximum Gasteiger partial charge on any atom is 0.102 e. The maximum atomic E-state index is 5.55. The number of piperidine rings is 1. The SMILES string of the molecule is CC1(C)C=CC(N2CCC3OC3C2)=CC1. The van der Waals surface area contributed by atoms with Crippen LogP contribution in [0.4, 0.5) is 0 Å². The summed E-state index contributed by atoms with van der Waals surface area (Å²) in [6, 6.07) is 0. The Bertz CT molecular complexity index is 329. The van der Waals surface area contributed by atoms with Crippen molar-refractivity contribution in [1.82, 2.24) is 4.90 Å². The molecule has 3 rings (SSSR count). The number of hydrogen-bond donors (Lipinski definition) is 0. The third-order valence-corrected chi connectivity index (χ3v) is 3.68. The van der Waals surface area contributed by atoms with Gasteiger partial charge in [-0.1, -0.05) is 26.0 Å². The largest absolute Gasteiger partial charge is 0.369 e. The highest BCUT2D eigenvalue weighted by molar-refractivity contribution is 5.25. The highest BCUT2D eigenvalue weighted by Gasteiger charge is 2.43. The van der Waals surface area contributed by atoms with E-state index in [0.29, 0.717) is 17.6 Å². The zero-order valence-electron chi connectivity index (χ0n) is 9.57. The van der Waals surface area contributed by atoms with Crippen molar-refractivity contribution in [3.63, 3.8) is 0 Å². The second kappa shape index (κ2) is 3.11. The Labute approximate surface area is 91.6 Å². The Morgan fingerprint density at radius 1 is 1.40 bits per heavy atom. The summed E-state index contributed by atoms with van der Waals surface area (Å²) in [4.78, 5) is 2.47. The lowest BCUT2D eigenvalue weighted by Gasteiger charge is -2.31. The van der Waals surface area contributed by atoms with E-state index >= 15 is 0 Å². The van der Waals surface area contributed by atoms with Crippen molar-refractivity contribution >= 4 is 0 Å². The summed E-state index contributed by atoms with van der Waals surface area (Å²) in [6.45, 7) is 6.83. The fourth-order valence-electron chi connectivity index (χ4n) is 2.47. The van der Waals surface area contributed by atoms with Crippen LogP contribution in [0.5, 0.6) is 0 Å². The molecule has 15 heavy (non-hydrogen) atoms. The minimum atomic E-state index is 0.345. The van der Waals surface area contributed by atoms with Gasteiger partial charge >= 0.3 is 0 Å². The Balaban J connectivity index is 1.68. The molecule has 0 bridgehead atoms. The van der Waals surface area contributed by atoms with Crippen LogP contribution in [0.15, 0.2) is 23.9 Å². The number of likely N-dealkylation sites (tertiary alicyclic amines) is 1. The van der Waals surface area contributed by atoms with Crippen molar-refractivity contribution in [2.75, 3.05) is 13.1 Å². The number of ether oxygens (including phenoxy) is 1. The summed E-state index contributed by atoms with van der Waals surface area (Å²) in [5.74, 6) is 0. The molecule has 0 amide bonds. The van der Waals surface area contributed by atoms with Crippen molar-refractivity contribution in [3.05, 3.63) is 23.9 Å². The molecule has 2 heteroatoms. The van der Waals surface area contributed by atoms with Gasteiger partial charge in [-0.15, -0.1) is 0 Å². The fraction of sp³-hybridized carbons (Fsp3) is 0.692. The number of rotatable bonds is 1. The third-order valence-electron chi connectivity index (χ3n) is 3.68. The lowest BCUT2D eigenvalue weighted by Crippen LogP contribution is -2.34. The van der Waals surface area contributed by atoms with Gasteiger partial charge in [0.15, 0.2) is 0 Å². The van der Waals surface area contributed by atoms with E-state index in [2.05, 4.69) is 37.0 Å². The number of epoxide rings is 1. The molecule has 2 saturated heterocycles. The van der Waals surface area contributed by atoms with Gasteiger partial charge in [0.2, 0.25) is 0 Å². The van der Waals surface area contributed by atoms with Gasteiger partial charge in [0.1, 0.15) is 6.10 Å². The first-order valence-electron chi connectivity index (χ1n) is 5.94. The van der Waals surface area contributed by atoms with Crippen LogP contribution in [-0.4, -0.2) is 30.2 Å². The van der Waals surface area contributed by atoms with Gasteiger partial charge in [0.05, 0.1) is 6.10 Å². The van der Waals surface area contributed by atoms with Crippen LogP contribution < -0.4 is 0 Å². The molecule has 2 aliphatic heterocycles. The van der Waals surface area contributed by atoms with Gasteiger partial charge in [-0.2, -0.15) is 0 Å². The summed E-state index contributed by atoms with van der Waals surface area (Å²) < 4.78 is 5.55. The van der Waals surface area contributed by atoms with Gasteiger partial charge < -0.3 is 9.64 Å². The monoisotopic (exact) mass is 205 g/mol. The van der Waals surface area contributed by atoms with E-state index in [9.17, 15) is 0 Å². The van der Waals surface area contributed by atoms with Crippen LogP contribution in [0, 0.1) is 5.41 Å². The van der Waals surface area contributed by atoms with Crippen LogP contribution >= 0.6 is 0 Å². The molecule has 0 N–H and O–H groups in total. The molecule has 1 aliphatic carbocycles. The molecule has 0 aromatic carbocycles. The summed E-state index contributed by atoms with van der Waals surface area (Å²) in [5, 5.41) is 0. The number of allylic oxidation sites excluding steroid dienone is 3. The molecule has 0 spiro atoms. The summed E-state index contributed by atoms with van der Waals surface area (Å²) >= 11 is 0. The third kappa shape index (κ3) is 1.83. The minimum absolute atomic E-state index is 0.345. The lowest BCUT2D eigenvalue weighted by molar-refractivity contribution is 0.307. The molecule has 0 saturated carbocycles. The molecule has 0 aromatic rings. The predicted octanol–water partition coefficient (Wildman–Crippen LogP) is 2.33. The fourth-order valence-corrected chi connectivity index (χ4v) is 2.47. The molecule has 2 fully saturated rings. The molecule has 3 aliphatic rings. The van der Waals surface area contributed by atoms with Crippen molar-refractivity contribution < 1.29 is 4.74 Å². The molecular formula is C13H19NO. The van der Waals surface area contributed by atoms with E-state index in [0.717, 1.165) is 19.5 Å². The number of hydrogen-bond acceptors (Lipinski definition) is 2.